The predicted octanol–water partition coefficient (Wildman–Crippen LogP) is 7.24. The van der Waals surface area contributed by atoms with Crippen LogP contribution < -0.4 is 5.19 Å². The van der Waals surface area contributed by atoms with Gasteiger partial charge in [0.15, 0.2) is 0 Å². The Morgan fingerprint density at radius 1 is 0.784 bits per heavy atom. The van der Waals surface area contributed by atoms with Gasteiger partial charge in [-0.15, -0.1) is 53.2 Å². The molecule has 4 aromatic heterocycles. The van der Waals surface area contributed by atoms with Gasteiger partial charge in [0.2, 0.25) is 0 Å². The molecular weight excluding hydrogens is 651 g/mol. The topological polar surface area (TPSA) is 51.8 Å². The smallest absolute Gasteiger partial charge is 0.139 e. The van der Waals surface area contributed by atoms with Crippen LogP contribution in [0, 0.1) is 19.1 Å². The first-order valence-corrected chi connectivity index (χ1v) is 15.5. The standard InChI is InChI=1S/C19H17N2OSi.C12H10N.Ir/c1-23(2,3)16-10-9-13(14-7-4-5-11-20-14)19-17(16)18-15(22-19)8-6-12-21-18;1-10-7-8-12(13-9-10)11-5-3-2-4-6-11;/h4-8,10-12H,1-3H3;2-5,7-9H,1H3;/q2*-1;. The number of benzene rings is 2. The molecule has 0 atom stereocenters. The summed E-state index contributed by atoms with van der Waals surface area (Å²) >= 11 is 0. The van der Waals surface area contributed by atoms with E-state index in [0.717, 1.165) is 44.6 Å². The van der Waals surface area contributed by atoms with Crippen molar-refractivity contribution in [3.05, 3.63) is 109 Å². The molecule has 2 aromatic carbocycles. The number of hydrogen-bond donors (Lipinski definition) is 0. The third-order valence-corrected chi connectivity index (χ3v) is 7.94. The summed E-state index contributed by atoms with van der Waals surface area (Å²) in [5.41, 5.74) is 7.58. The Morgan fingerprint density at radius 2 is 1.59 bits per heavy atom. The molecule has 187 valence electrons. The van der Waals surface area contributed by atoms with E-state index in [2.05, 4.69) is 58.9 Å². The fraction of sp³-hybridized carbons (Fsp3) is 0.129. The van der Waals surface area contributed by atoms with Crippen molar-refractivity contribution in [1.82, 2.24) is 15.0 Å². The molecule has 0 fully saturated rings. The summed E-state index contributed by atoms with van der Waals surface area (Å²) < 4.78 is 6.16. The maximum absolute atomic E-state index is 6.16. The number of aryl methyl sites for hydroxylation is 1. The molecule has 37 heavy (non-hydrogen) atoms. The van der Waals surface area contributed by atoms with Crippen LogP contribution in [0.5, 0.6) is 0 Å². The molecule has 0 aliphatic carbocycles. The van der Waals surface area contributed by atoms with E-state index in [9.17, 15) is 0 Å². The average molecular weight is 678 g/mol. The molecule has 6 rings (SSSR count). The summed E-state index contributed by atoms with van der Waals surface area (Å²) in [4.78, 5) is 13.4. The van der Waals surface area contributed by atoms with E-state index in [4.69, 9.17) is 4.42 Å². The number of nitrogens with zero attached hydrogens (tertiary/aromatic N) is 3. The molecule has 4 heterocycles. The van der Waals surface area contributed by atoms with Crippen molar-refractivity contribution in [2.45, 2.75) is 26.6 Å². The van der Waals surface area contributed by atoms with Gasteiger partial charge in [0.1, 0.15) is 5.58 Å². The maximum atomic E-state index is 6.16. The molecule has 0 N–H and O–H groups in total. The van der Waals surface area contributed by atoms with Crippen LogP contribution in [0.3, 0.4) is 0 Å². The van der Waals surface area contributed by atoms with Crippen molar-refractivity contribution in [2.75, 3.05) is 0 Å². The molecule has 6 heteroatoms. The molecule has 1 radical (unpaired) electrons. The summed E-state index contributed by atoms with van der Waals surface area (Å²) in [6.45, 7) is 9.03. The Kier molecular flexibility index (Phi) is 8.13. The van der Waals surface area contributed by atoms with Crippen LogP contribution >= 0.6 is 0 Å². The van der Waals surface area contributed by atoms with Crippen LogP contribution in [0.15, 0.2) is 95.8 Å². The zero-order chi connectivity index (χ0) is 25.1. The second kappa shape index (κ2) is 11.3. The van der Waals surface area contributed by atoms with E-state index in [1.54, 1.807) is 6.20 Å². The first kappa shape index (κ1) is 26.6. The molecule has 0 saturated carbocycles. The number of pyridine rings is 3. The minimum Gasteiger partial charge on any atom is -0.499 e. The first-order chi connectivity index (χ1) is 17.4. The Morgan fingerprint density at radius 3 is 2.27 bits per heavy atom. The van der Waals surface area contributed by atoms with Gasteiger partial charge in [-0.2, -0.15) is 0 Å². The van der Waals surface area contributed by atoms with Gasteiger partial charge < -0.3 is 14.4 Å². The van der Waals surface area contributed by atoms with Gasteiger partial charge in [0.25, 0.3) is 0 Å². The van der Waals surface area contributed by atoms with Gasteiger partial charge in [-0.25, -0.2) is 0 Å². The van der Waals surface area contributed by atoms with Crippen molar-refractivity contribution >= 4 is 35.3 Å². The predicted molar refractivity (Wildman–Crippen MR) is 150 cm³/mol. The molecule has 0 aliphatic rings. The van der Waals surface area contributed by atoms with Crippen molar-refractivity contribution in [2.24, 2.45) is 0 Å². The van der Waals surface area contributed by atoms with Gasteiger partial charge in [0, 0.05) is 46.8 Å². The molecule has 0 spiro atoms. The van der Waals surface area contributed by atoms with Crippen LogP contribution in [-0.2, 0) is 20.1 Å². The monoisotopic (exact) mass is 678 g/mol. The molecule has 0 unspecified atom stereocenters. The van der Waals surface area contributed by atoms with E-state index in [-0.39, 0.29) is 20.1 Å². The van der Waals surface area contributed by atoms with Gasteiger partial charge in [-0.1, -0.05) is 49.5 Å². The van der Waals surface area contributed by atoms with Gasteiger partial charge >= 0.3 is 0 Å². The summed E-state index contributed by atoms with van der Waals surface area (Å²) in [6, 6.07) is 30.4. The normalized spacial score (nSPS) is 11.0. The third kappa shape index (κ3) is 5.77. The molecule has 4 nitrogen and oxygen atoms in total. The van der Waals surface area contributed by atoms with E-state index in [1.807, 2.05) is 80.0 Å². The average Bonchev–Trinajstić information content (AvgIpc) is 3.29. The van der Waals surface area contributed by atoms with Crippen LogP contribution in [0.2, 0.25) is 19.6 Å². The van der Waals surface area contributed by atoms with E-state index < -0.39 is 8.07 Å². The first-order valence-electron chi connectivity index (χ1n) is 12.0. The fourth-order valence-corrected chi connectivity index (χ4v) is 5.60. The van der Waals surface area contributed by atoms with Crippen molar-refractivity contribution < 1.29 is 24.5 Å². The van der Waals surface area contributed by atoms with Crippen molar-refractivity contribution in [3.8, 4) is 22.5 Å². The Bertz CT molecular complexity index is 1610. The number of rotatable bonds is 3. The van der Waals surface area contributed by atoms with E-state index in [1.165, 1.54) is 10.8 Å². The SMILES string of the molecule is C[Si](C)(C)c1c[c-]c(-c2ccccn2)c2oc3cccnc3c12.Cc1ccc(-c2[c-]cccc2)nc1.[Ir]. The number of hydrogen-bond acceptors (Lipinski definition) is 4. The van der Waals surface area contributed by atoms with E-state index in [0.29, 0.717) is 0 Å². The number of fused-ring (bicyclic) bond motifs is 3. The Balaban J connectivity index is 0.000000195. The number of furan rings is 1. The fourth-order valence-electron chi connectivity index (χ4n) is 4.11. The zero-order valence-electron chi connectivity index (χ0n) is 21.2. The molecular formula is C31H27IrN3OSi-2. The zero-order valence-corrected chi connectivity index (χ0v) is 24.6. The Hall–Kier alpha value is -3.44. The summed E-state index contributed by atoms with van der Waals surface area (Å²) in [5, 5.41) is 2.45. The van der Waals surface area contributed by atoms with Gasteiger partial charge in [-0.3, -0.25) is 4.98 Å². The molecule has 0 saturated heterocycles. The summed E-state index contributed by atoms with van der Waals surface area (Å²) in [7, 11) is -1.55. The number of aromatic nitrogens is 3. The minimum absolute atomic E-state index is 0. The van der Waals surface area contributed by atoms with Crippen LogP contribution in [0.25, 0.3) is 44.6 Å². The van der Waals surface area contributed by atoms with E-state index >= 15 is 0 Å². The van der Waals surface area contributed by atoms with Crippen LogP contribution in [0.1, 0.15) is 5.56 Å². The largest absolute Gasteiger partial charge is 0.499 e. The quantitative estimate of drug-likeness (QED) is 0.146. The Labute approximate surface area is 232 Å². The van der Waals surface area contributed by atoms with Crippen molar-refractivity contribution in [1.29, 1.82) is 0 Å². The minimum atomic E-state index is -1.55. The molecule has 0 amide bonds. The second-order valence-corrected chi connectivity index (χ2v) is 14.7. The molecule has 6 aromatic rings. The third-order valence-electron chi connectivity index (χ3n) is 5.93. The summed E-state index contributed by atoms with van der Waals surface area (Å²) in [6.07, 6.45) is 5.49. The van der Waals surface area contributed by atoms with Crippen LogP contribution in [0.4, 0.5) is 0 Å². The van der Waals surface area contributed by atoms with Crippen LogP contribution in [-0.4, -0.2) is 23.0 Å². The maximum Gasteiger partial charge on any atom is 0.139 e. The van der Waals surface area contributed by atoms with Gasteiger partial charge in [-0.05, 0) is 47.5 Å². The van der Waals surface area contributed by atoms with Crippen molar-refractivity contribution in [3.63, 3.8) is 0 Å². The second-order valence-electron chi connectivity index (χ2n) is 9.70. The summed E-state index contributed by atoms with van der Waals surface area (Å²) in [5.74, 6) is 0. The van der Waals surface area contributed by atoms with Gasteiger partial charge in [0.05, 0.1) is 11.1 Å². The molecule has 0 aliphatic heterocycles. The molecule has 0 bridgehead atoms.